The Bertz CT molecular complexity index is 557. The largest absolute Gasteiger partial charge is 0.388 e. The Morgan fingerprint density at radius 2 is 2.20 bits per heavy atom. The lowest BCUT2D eigenvalue weighted by atomic mass is 9.96. The maximum absolute atomic E-state index is 12.4. The zero-order chi connectivity index (χ0) is 14.9. The van der Waals surface area contributed by atoms with Crippen LogP contribution in [-0.2, 0) is 11.3 Å². The fourth-order valence-corrected chi connectivity index (χ4v) is 2.82. The van der Waals surface area contributed by atoms with Crippen LogP contribution >= 0.6 is 0 Å². The second-order valence-corrected chi connectivity index (χ2v) is 6.02. The first kappa shape index (κ1) is 14.8. The molecule has 1 aliphatic heterocycles. The number of hydrogen-bond donors (Lipinski definition) is 1. The van der Waals surface area contributed by atoms with Crippen LogP contribution < -0.4 is 5.56 Å². The number of nitrogens with zero attached hydrogens (tertiary/aromatic N) is 2. The van der Waals surface area contributed by atoms with Gasteiger partial charge in [0, 0.05) is 18.3 Å². The van der Waals surface area contributed by atoms with E-state index in [2.05, 4.69) is 0 Å². The summed E-state index contributed by atoms with van der Waals surface area (Å²) in [4.78, 5) is 26.0. The van der Waals surface area contributed by atoms with Gasteiger partial charge in [-0.1, -0.05) is 6.07 Å². The van der Waals surface area contributed by atoms with Crippen LogP contribution in [0.2, 0.25) is 0 Å². The zero-order valence-electron chi connectivity index (χ0n) is 12.3. The Labute approximate surface area is 118 Å². The summed E-state index contributed by atoms with van der Waals surface area (Å²) in [6.45, 7) is 5.87. The van der Waals surface area contributed by atoms with Gasteiger partial charge in [0.05, 0.1) is 11.6 Å². The summed E-state index contributed by atoms with van der Waals surface area (Å²) in [6.07, 6.45) is 3.32. The van der Waals surface area contributed by atoms with Gasteiger partial charge in [-0.25, -0.2) is 0 Å². The van der Waals surface area contributed by atoms with Crippen molar-refractivity contribution in [2.24, 2.45) is 0 Å². The smallest absolute Gasteiger partial charge is 0.253 e. The number of aromatic nitrogens is 1. The van der Waals surface area contributed by atoms with Gasteiger partial charge in [-0.2, -0.15) is 0 Å². The SMILES string of the molecule is Cc1cccn(CC(=O)N2CCCC2C(C)(C)O)c1=O. The van der Waals surface area contributed by atoms with E-state index in [0.29, 0.717) is 12.1 Å². The van der Waals surface area contributed by atoms with Crippen molar-refractivity contribution in [1.82, 2.24) is 9.47 Å². The third-order valence-corrected chi connectivity index (χ3v) is 3.90. The summed E-state index contributed by atoms with van der Waals surface area (Å²) in [5.41, 5.74) is -0.426. The number of likely N-dealkylation sites (tertiary alicyclic amines) is 1. The first-order chi connectivity index (χ1) is 9.30. The molecular weight excluding hydrogens is 256 g/mol. The van der Waals surface area contributed by atoms with Crippen molar-refractivity contribution in [1.29, 1.82) is 0 Å². The number of carbonyl (C=O) groups excluding carboxylic acids is 1. The van der Waals surface area contributed by atoms with Gasteiger partial charge in [0.25, 0.3) is 5.56 Å². The van der Waals surface area contributed by atoms with Crippen LogP contribution in [0.3, 0.4) is 0 Å². The summed E-state index contributed by atoms with van der Waals surface area (Å²) in [5, 5.41) is 10.1. The molecule has 0 spiro atoms. The van der Waals surface area contributed by atoms with Gasteiger partial charge in [-0.3, -0.25) is 9.59 Å². The van der Waals surface area contributed by atoms with E-state index in [-0.39, 0.29) is 24.1 Å². The third kappa shape index (κ3) is 2.93. The lowest BCUT2D eigenvalue weighted by Crippen LogP contribution is -2.49. The van der Waals surface area contributed by atoms with Gasteiger partial charge in [0.15, 0.2) is 0 Å². The predicted molar refractivity (Wildman–Crippen MR) is 76.5 cm³/mol. The second-order valence-electron chi connectivity index (χ2n) is 6.02. The van der Waals surface area contributed by atoms with Gasteiger partial charge in [-0.05, 0) is 39.7 Å². The topological polar surface area (TPSA) is 62.5 Å². The highest BCUT2D eigenvalue weighted by Crippen LogP contribution is 2.26. The molecule has 1 fully saturated rings. The molecule has 1 unspecified atom stereocenters. The van der Waals surface area contributed by atoms with Crippen LogP contribution in [0.4, 0.5) is 0 Å². The minimum absolute atomic E-state index is 0.0348. The van der Waals surface area contributed by atoms with Crippen LogP contribution in [0.15, 0.2) is 23.1 Å². The average Bonchev–Trinajstić information content (AvgIpc) is 2.84. The normalized spacial score (nSPS) is 19.4. The number of aliphatic hydroxyl groups is 1. The van der Waals surface area contributed by atoms with E-state index < -0.39 is 5.60 Å². The van der Waals surface area contributed by atoms with E-state index in [4.69, 9.17) is 0 Å². The molecule has 5 heteroatoms. The van der Waals surface area contributed by atoms with E-state index >= 15 is 0 Å². The lowest BCUT2D eigenvalue weighted by Gasteiger charge is -2.34. The Morgan fingerprint density at radius 3 is 2.85 bits per heavy atom. The molecule has 20 heavy (non-hydrogen) atoms. The summed E-state index contributed by atoms with van der Waals surface area (Å²) < 4.78 is 1.43. The Balaban J connectivity index is 2.16. The molecule has 1 amide bonds. The summed E-state index contributed by atoms with van der Waals surface area (Å²) >= 11 is 0. The molecule has 1 aromatic rings. The van der Waals surface area contributed by atoms with Crippen molar-refractivity contribution in [2.75, 3.05) is 6.54 Å². The van der Waals surface area contributed by atoms with E-state index in [0.717, 1.165) is 12.8 Å². The number of amides is 1. The molecular formula is C15H22N2O3. The van der Waals surface area contributed by atoms with E-state index in [1.54, 1.807) is 44.0 Å². The third-order valence-electron chi connectivity index (χ3n) is 3.90. The predicted octanol–water partition coefficient (Wildman–Crippen LogP) is 0.919. The quantitative estimate of drug-likeness (QED) is 0.894. The van der Waals surface area contributed by atoms with Crippen molar-refractivity contribution in [3.05, 3.63) is 34.2 Å². The first-order valence-corrected chi connectivity index (χ1v) is 6.98. The molecule has 0 aliphatic carbocycles. The minimum atomic E-state index is -0.913. The van der Waals surface area contributed by atoms with Crippen molar-refractivity contribution >= 4 is 5.91 Å². The van der Waals surface area contributed by atoms with Gasteiger partial charge in [0.1, 0.15) is 6.54 Å². The maximum atomic E-state index is 12.4. The standard InChI is InChI=1S/C15H22N2O3/c1-11-6-4-8-16(14(11)19)10-13(18)17-9-5-7-12(17)15(2,3)20/h4,6,8,12,20H,5,7,9-10H2,1-3H3. The van der Waals surface area contributed by atoms with Crippen molar-refractivity contribution in [3.8, 4) is 0 Å². The van der Waals surface area contributed by atoms with Crippen molar-refractivity contribution in [3.63, 3.8) is 0 Å². The van der Waals surface area contributed by atoms with Crippen LogP contribution in [0, 0.1) is 6.92 Å². The highest BCUT2D eigenvalue weighted by atomic mass is 16.3. The molecule has 0 aromatic carbocycles. The van der Waals surface area contributed by atoms with E-state index in [9.17, 15) is 14.7 Å². The van der Waals surface area contributed by atoms with E-state index in [1.807, 2.05) is 0 Å². The summed E-state index contributed by atoms with van der Waals surface area (Å²) in [7, 11) is 0. The van der Waals surface area contributed by atoms with Gasteiger partial charge < -0.3 is 14.6 Å². The summed E-state index contributed by atoms with van der Waals surface area (Å²) in [5.74, 6) is -0.109. The van der Waals surface area contributed by atoms with Crippen molar-refractivity contribution in [2.45, 2.75) is 51.8 Å². The molecule has 1 saturated heterocycles. The molecule has 0 saturated carbocycles. The van der Waals surface area contributed by atoms with Crippen LogP contribution in [0.25, 0.3) is 0 Å². The van der Waals surface area contributed by atoms with Gasteiger partial charge >= 0.3 is 0 Å². The van der Waals surface area contributed by atoms with E-state index in [1.165, 1.54) is 4.57 Å². The molecule has 1 aliphatic rings. The molecule has 5 nitrogen and oxygen atoms in total. The second kappa shape index (κ2) is 5.40. The fourth-order valence-electron chi connectivity index (χ4n) is 2.82. The number of pyridine rings is 1. The number of carbonyl (C=O) groups is 1. The van der Waals surface area contributed by atoms with Crippen LogP contribution in [-0.4, -0.2) is 38.7 Å². The highest BCUT2D eigenvalue weighted by Gasteiger charge is 2.38. The molecule has 0 radical (unpaired) electrons. The first-order valence-electron chi connectivity index (χ1n) is 6.98. The lowest BCUT2D eigenvalue weighted by molar-refractivity contribution is -0.137. The van der Waals surface area contributed by atoms with Gasteiger partial charge in [0.2, 0.25) is 5.91 Å². The fraction of sp³-hybridized carbons (Fsp3) is 0.600. The number of hydrogen-bond acceptors (Lipinski definition) is 3. The number of rotatable bonds is 3. The van der Waals surface area contributed by atoms with Crippen LogP contribution in [0.1, 0.15) is 32.3 Å². The average molecular weight is 278 g/mol. The Kier molecular flexibility index (Phi) is 3.99. The Morgan fingerprint density at radius 1 is 1.50 bits per heavy atom. The molecule has 2 rings (SSSR count). The minimum Gasteiger partial charge on any atom is -0.388 e. The molecule has 0 bridgehead atoms. The summed E-state index contributed by atoms with van der Waals surface area (Å²) in [6, 6.07) is 3.33. The van der Waals surface area contributed by atoms with Crippen molar-refractivity contribution < 1.29 is 9.90 Å². The monoisotopic (exact) mass is 278 g/mol. The Hall–Kier alpha value is -1.62. The number of aryl methyl sites for hydroxylation is 1. The van der Waals surface area contributed by atoms with Gasteiger partial charge in [-0.15, -0.1) is 0 Å². The molecule has 2 heterocycles. The highest BCUT2D eigenvalue weighted by molar-refractivity contribution is 5.76. The molecule has 1 N–H and O–H groups in total. The zero-order valence-corrected chi connectivity index (χ0v) is 12.3. The maximum Gasteiger partial charge on any atom is 0.253 e. The molecule has 1 atom stereocenters. The molecule has 1 aromatic heterocycles. The van der Waals surface area contributed by atoms with Crippen LogP contribution in [0.5, 0.6) is 0 Å². The molecule has 110 valence electrons.